The lowest BCUT2D eigenvalue weighted by Crippen LogP contribution is -1.80. The van der Waals surface area contributed by atoms with Crippen LogP contribution in [-0.4, -0.2) is 17.1 Å². The monoisotopic (exact) mass is 226 g/mol. The maximum atomic E-state index is 5.06. The summed E-state index contributed by atoms with van der Waals surface area (Å²) < 4.78 is 5.80. The van der Waals surface area contributed by atoms with Gasteiger partial charge in [-0.1, -0.05) is 0 Å². The van der Waals surface area contributed by atoms with Crippen molar-refractivity contribution in [2.45, 2.75) is 0 Å². The molecule has 0 amide bonds. The van der Waals surface area contributed by atoms with Gasteiger partial charge in [-0.3, -0.25) is 0 Å². The van der Waals surface area contributed by atoms with Crippen molar-refractivity contribution in [2.75, 3.05) is 7.11 Å². The molecule has 1 N–H and O–H groups in total. The van der Waals surface area contributed by atoms with E-state index in [1.807, 2.05) is 18.2 Å². The van der Waals surface area contributed by atoms with Crippen LogP contribution in [0.5, 0.6) is 5.75 Å². The Hall–Kier alpha value is -1.03. The largest absolute Gasteiger partial charge is 0.497 e. The van der Waals surface area contributed by atoms with E-state index in [-0.39, 0.29) is 0 Å². The predicted molar refractivity (Wildman–Crippen MR) is 50.3 cm³/mol. The molecule has 0 fully saturated rings. The minimum absolute atomic E-state index is 0.741. The molecule has 0 aliphatic carbocycles. The van der Waals surface area contributed by atoms with Gasteiger partial charge in [-0.2, -0.15) is 0 Å². The lowest BCUT2D eigenvalue weighted by atomic mass is 10.3. The second kappa shape index (κ2) is 2.79. The van der Waals surface area contributed by atoms with Crippen molar-refractivity contribution in [3.05, 3.63) is 22.9 Å². The molecule has 4 heteroatoms. The Kier molecular flexibility index (Phi) is 1.77. The molecule has 0 radical (unpaired) electrons. The van der Waals surface area contributed by atoms with Gasteiger partial charge in [-0.15, -0.1) is 0 Å². The number of halogens is 1. The number of methoxy groups -OCH3 is 1. The SMILES string of the molecule is COc1ccc2[nH]c(Br)nc2c1. The van der Waals surface area contributed by atoms with E-state index in [1.165, 1.54) is 0 Å². The summed E-state index contributed by atoms with van der Waals surface area (Å²) in [4.78, 5) is 7.26. The molecule has 2 rings (SSSR count). The zero-order valence-corrected chi connectivity index (χ0v) is 8.05. The Balaban J connectivity index is 2.66. The van der Waals surface area contributed by atoms with Crippen molar-refractivity contribution in [3.8, 4) is 5.75 Å². The molecular formula is C8H7BrN2O. The molecule has 3 nitrogen and oxygen atoms in total. The van der Waals surface area contributed by atoms with E-state index in [0.29, 0.717) is 0 Å². The number of ether oxygens (including phenoxy) is 1. The highest BCUT2D eigenvalue weighted by Gasteiger charge is 2.00. The van der Waals surface area contributed by atoms with Crippen LogP contribution in [-0.2, 0) is 0 Å². The number of aromatic amines is 1. The van der Waals surface area contributed by atoms with Gasteiger partial charge in [0, 0.05) is 6.07 Å². The van der Waals surface area contributed by atoms with Gasteiger partial charge in [0.05, 0.1) is 18.1 Å². The van der Waals surface area contributed by atoms with Crippen LogP contribution in [0.3, 0.4) is 0 Å². The van der Waals surface area contributed by atoms with Gasteiger partial charge >= 0.3 is 0 Å². The van der Waals surface area contributed by atoms with Crippen LogP contribution in [0.25, 0.3) is 11.0 Å². The van der Waals surface area contributed by atoms with Crippen LogP contribution >= 0.6 is 15.9 Å². The van der Waals surface area contributed by atoms with Crippen LogP contribution < -0.4 is 4.74 Å². The van der Waals surface area contributed by atoms with Gasteiger partial charge in [-0.25, -0.2) is 4.98 Å². The number of nitrogens with one attached hydrogen (secondary N) is 1. The summed E-state index contributed by atoms with van der Waals surface area (Å²) in [7, 11) is 1.64. The summed E-state index contributed by atoms with van der Waals surface area (Å²) in [5, 5.41) is 0. The molecule has 12 heavy (non-hydrogen) atoms. The maximum absolute atomic E-state index is 5.06. The number of aromatic nitrogens is 2. The fourth-order valence-electron chi connectivity index (χ4n) is 1.08. The van der Waals surface area contributed by atoms with Crippen molar-refractivity contribution >= 4 is 27.0 Å². The van der Waals surface area contributed by atoms with E-state index in [1.54, 1.807) is 7.11 Å². The summed E-state index contributed by atoms with van der Waals surface area (Å²) in [6, 6.07) is 5.72. The lowest BCUT2D eigenvalue weighted by molar-refractivity contribution is 0.415. The quantitative estimate of drug-likeness (QED) is 0.811. The predicted octanol–water partition coefficient (Wildman–Crippen LogP) is 2.33. The zero-order valence-electron chi connectivity index (χ0n) is 6.47. The minimum Gasteiger partial charge on any atom is -0.497 e. The van der Waals surface area contributed by atoms with E-state index >= 15 is 0 Å². The molecule has 0 bridgehead atoms. The van der Waals surface area contributed by atoms with E-state index < -0.39 is 0 Å². The number of rotatable bonds is 1. The molecule has 0 aliphatic heterocycles. The number of H-pyrrole nitrogens is 1. The van der Waals surface area contributed by atoms with Crippen molar-refractivity contribution in [2.24, 2.45) is 0 Å². The Morgan fingerprint density at radius 1 is 1.50 bits per heavy atom. The first kappa shape index (κ1) is 7.61. The molecular weight excluding hydrogens is 220 g/mol. The molecule has 0 saturated heterocycles. The standard InChI is InChI=1S/C8H7BrN2O/c1-12-5-2-3-6-7(4-5)11-8(9)10-6/h2-4H,1H3,(H,10,11). The van der Waals surface area contributed by atoms with Crippen molar-refractivity contribution in [1.29, 1.82) is 0 Å². The van der Waals surface area contributed by atoms with Crippen LogP contribution in [0.2, 0.25) is 0 Å². The molecule has 1 heterocycles. The topological polar surface area (TPSA) is 37.9 Å². The zero-order chi connectivity index (χ0) is 8.55. The second-order valence-corrected chi connectivity index (χ2v) is 3.16. The summed E-state index contributed by atoms with van der Waals surface area (Å²) in [6.07, 6.45) is 0. The summed E-state index contributed by atoms with van der Waals surface area (Å²) in [6.45, 7) is 0. The number of nitrogens with zero attached hydrogens (tertiary/aromatic N) is 1. The van der Waals surface area contributed by atoms with Gasteiger partial charge in [0.25, 0.3) is 0 Å². The van der Waals surface area contributed by atoms with Gasteiger partial charge < -0.3 is 9.72 Å². The van der Waals surface area contributed by atoms with E-state index in [2.05, 4.69) is 25.9 Å². The maximum Gasteiger partial charge on any atom is 0.175 e. The minimum atomic E-state index is 0.741. The number of imidazole rings is 1. The van der Waals surface area contributed by atoms with E-state index in [4.69, 9.17) is 4.74 Å². The highest BCUT2D eigenvalue weighted by molar-refractivity contribution is 9.10. The second-order valence-electron chi connectivity index (χ2n) is 2.41. The Morgan fingerprint density at radius 2 is 2.33 bits per heavy atom. The number of benzene rings is 1. The fourth-order valence-corrected chi connectivity index (χ4v) is 1.49. The van der Waals surface area contributed by atoms with Crippen LogP contribution in [0, 0.1) is 0 Å². The van der Waals surface area contributed by atoms with E-state index in [0.717, 1.165) is 21.5 Å². The smallest absolute Gasteiger partial charge is 0.175 e. The molecule has 0 aliphatic rings. The average molecular weight is 227 g/mol. The van der Waals surface area contributed by atoms with Gasteiger partial charge in [0.15, 0.2) is 4.73 Å². The number of fused-ring (bicyclic) bond motifs is 1. The third kappa shape index (κ3) is 1.18. The van der Waals surface area contributed by atoms with Crippen molar-refractivity contribution in [1.82, 2.24) is 9.97 Å². The lowest BCUT2D eigenvalue weighted by Gasteiger charge is -1.96. The highest BCUT2D eigenvalue weighted by atomic mass is 79.9. The molecule has 62 valence electrons. The van der Waals surface area contributed by atoms with Crippen LogP contribution in [0.15, 0.2) is 22.9 Å². The summed E-state index contributed by atoms with van der Waals surface area (Å²) in [5.41, 5.74) is 1.91. The van der Waals surface area contributed by atoms with Crippen LogP contribution in [0.4, 0.5) is 0 Å². The van der Waals surface area contributed by atoms with Crippen molar-refractivity contribution in [3.63, 3.8) is 0 Å². The fraction of sp³-hybridized carbons (Fsp3) is 0.125. The van der Waals surface area contributed by atoms with Crippen molar-refractivity contribution < 1.29 is 4.74 Å². The number of hydrogen-bond donors (Lipinski definition) is 1. The Bertz CT molecular complexity index is 410. The molecule has 1 aromatic carbocycles. The van der Waals surface area contributed by atoms with Gasteiger partial charge in [0.2, 0.25) is 0 Å². The Morgan fingerprint density at radius 3 is 3.08 bits per heavy atom. The summed E-state index contributed by atoms with van der Waals surface area (Å²) in [5.74, 6) is 0.821. The first-order valence-electron chi connectivity index (χ1n) is 3.49. The average Bonchev–Trinajstić information content (AvgIpc) is 2.43. The third-order valence-corrected chi connectivity index (χ3v) is 2.04. The number of hydrogen-bond acceptors (Lipinski definition) is 2. The molecule has 0 atom stereocenters. The molecule has 2 aromatic rings. The molecule has 0 unspecified atom stereocenters. The first-order valence-corrected chi connectivity index (χ1v) is 4.28. The summed E-state index contributed by atoms with van der Waals surface area (Å²) >= 11 is 3.26. The highest BCUT2D eigenvalue weighted by Crippen LogP contribution is 2.20. The normalized spacial score (nSPS) is 10.5. The van der Waals surface area contributed by atoms with E-state index in [9.17, 15) is 0 Å². The first-order chi connectivity index (χ1) is 5.79. The third-order valence-electron chi connectivity index (χ3n) is 1.66. The Labute approximate surface area is 77.9 Å². The van der Waals surface area contributed by atoms with Gasteiger partial charge in [-0.05, 0) is 28.1 Å². The molecule has 1 aromatic heterocycles. The van der Waals surface area contributed by atoms with Gasteiger partial charge in [0.1, 0.15) is 5.75 Å². The van der Waals surface area contributed by atoms with Crippen LogP contribution in [0.1, 0.15) is 0 Å². The molecule has 0 spiro atoms. The molecule has 0 saturated carbocycles.